The first kappa shape index (κ1) is 19.4. The molecule has 0 bridgehead atoms. The molecular weight excluding hydrogens is 354 g/mol. The van der Waals surface area contributed by atoms with E-state index in [9.17, 15) is 9.59 Å². The summed E-state index contributed by atoms with van der Waals surface area (Å²) >= 11 is 0. The van der Waals surface area contributed by atoms with Crippen LogP contribution in [0.2, 0.25) is 0 Å². The van der Waals surface area contributed by atoms with E-state index in [1.807, 2.05) is 73.7 Å². The van der Waals surface area contributed by atoms with Crippen LogP contribution >= 0.6 is 0 Å². The Hall–Kier alpha value is -3.34. The SMILES string of the molecule is C[C@H](CNC(=O)COC(=O)COc1ccc2ccccc2c1)c1ccccc1. The maximum Gasteiger partial charge on any atom is 0.344 e. The fourth-order valence-electron chi connectivity index (χ4n) is 2.80. The summed E-state index contributed by atoms with van der Waals surface area (Å²) in [6, 6.07) is 23.4. The van der Waals surface area contributed by atoms with Gasteiger partial charge in [-0.3, -0.25) is 4.79 Å². The second kappa shape index (κ2) is 9.55. The summed E-state index contributed by atoms with van der Waals surface area (Å²) in [5.74, 6) is -0.157. The summed E-state index contributed by atoms with van der Waals surface area (Å²) in [5.41, 5.74) is 1.14. The first-order valence-electron chi connectivity index (χ1n) is 9.20. The Morgan fingerprint density at radius 1 is 0.893 bits per heavy atom. The van der Waals surface area contributed by atoms with Gasteiger partial charge in [0.05, 0.1) is 0 Å². The normalized spacial score (nSPS) is 11.6. The summed E-state index contributed by atoms with van der Waals surface area (Å²) in [5, 5.41) is 4.90. The lowest BCUT2D eigenvalue weighted by Crippen LogP contribution is -2.32. The number of ether oxygens (including phenoxy) is 2. The average molecular weight is 377 g/mol. The van der Waals surface area contributed by atoms with Crippen molar-refractivity contribution in [3.63, 3.8) is 0 Å². The third-order valence-electron chi connectivity index (χ3n) is 4.42. The molecule has 0 aliphatic rings. The highest BCUT2D eigenvalue weighted by Gasteiger charge is 2.11. The van der Waals surface area contributed by atoms with Crippen LogP contribution in [0, 0.1) is 0 Å². The molecule has 3 rings (SSSR count). The Bertz CT molecular complexity index is 939. The minimum atomic E-state index is -0.584. The monoisotopic (exact) mass is 377 g/mol. The molecule has 3 aromatic carbocycles. The molecule has 0 heterocycles. The zero-order valence-corrected chi connectivity index (χ0v) is 15.8. The molecule has 5 nitrogen and oxygen atoms in total. The molecule has 0 fully saturated rings. The smallest absolute Gasteiger partial charge is 0.344 e. The number of carbonyl (C=O) groups is 2. The molecule has 3 aromatic rings. The highest BCUT2D eigenvalue weighted by Crippen LogP contribution is 2.20. The van der Waals surface area contributed by atoms with Crippen molar-refractivity contribution >= 4 is 22.6 Å². The number of hydrogen-bond donors (Lipinski definition) is 1. The molecule has 1 atom stereocenters. The van der Waals surface area contributed by atoms with E-state index in [4.69, 9.17) is 9.47 Å². The summed E-state index contributed by atoms with van der Waals surface area (Å²) in [4.78, 5) is 23.7. The Morgan fingerprint density at radius 3 is 2.39 bits per heavy atom. The lowest BCUT2D eigenvalue weighted by atomic mass is 10.0. The Kier molecular flexibility index (Phi) is 6.63. The molecule has 0 aliphatic carbocycles. The van der Waals surface area contributed by atoms with Gasteiger partial charge in [-0.2, -0.15) is 0 Å². The summed E-state index contributed by atoms with van der Waals surface area (Å²) in [6.45, 7) is 1.94. The number of amides is 1. The third-order valence-corrected chi connectivity index (χ3v) is 4.42. The van der Waals surface area contributed by atoms with Gasteiger partial charge < -0.3 is 14.8 Å². The molecule has 0 saturated heterocycles. The predicted octanol–water partition coefficient (Wildman–Crippen LogP) is 3.68. The number of nitrogens with one attached hydrogen (secondary N) is 1. The first-order valence-corrected chi connectivity index (χ1v) is 9.20. The van der Waals surface area contributed by atoms with Gasteiger partial charge in [0.2, 0.25) is 0 Å². The van der Waals surface area contributed by atoms with Gasteiger partial charge in [-0.15, -0.1) is 0 Å². The minimum absolute atomic E-state index is 0.178. The fourth-order valence-corrected chi connectivity index (χ4v) is 2.80. The van der Waals surface area contributed by atoms with Crippen LogP contribution in [-0.4, -0.2) is 31.6 Å². The molecule has 0 saturated carbocycles. The quantitative estimate of drug-likeness (QED) is 0.608. The molecule has 144 valence electrons. The molecule has 1 N–H and O–H groups in total. The number of benzene rings is 3. The van der Waals surface area contributed by atoms with Crippen LogP contribution < -0.4 is 10.1 Å². The van der Waals surface area contributed by atoms with Crippen LogP contribution in [0.5, 0.6) is 5.75 Å². The van der Waals surface area contributed by atoms with Gasteiger partial charge in [-0.05, 0) is 34.4 Å². The van der Waals surface area contributed by atoms with Crippen molar-refractivity contribution in [2.45, 2.75) is 12.8 Å². The van der Waals surface area contributed by atoms with Crippen LogP contribution in [0.4, 0.5) is 0 Å². The van der Waals surface area contributed by atoms with Gasteiger partial charge in [-0.25, -0.2) is 4.79 Å². The van der Waals surface area contributed by atoms with Crippen LogP contribution in [0.3, 0.4) is 0 Å². The second-order valence-corrected chi connectivity index (χ2v) is 6.57. The molecular formula is C23H23NO4. The number of rotatable bonds is 8. The van der Waals surface area contributed by atoms with E-state index in [1.54, 1.807) is 6.07 Å². The van der Waals surface area contributed by atoms with E-state index < -0.39 is 5.97 Å². The standard InChI is InChI=1S/C23H23NO4/c1-17(18-7-3-2-4-8-18)14-24-22(25)15-28-23(26)16-27-21-12-11-19-9-5-6-10-20(19)13-21/h2-13,17H,14-16H2,1H3,(H,24,25)/t17-/m1/s1. The molecule has 0 aromatic heterocycles. The lowest BCUT2D eigenvalue weighted by molar-refractivity contribution is -0.150. The van der Waals surface area contributed by atoms with Crippen LogP contribution in [-0.2, 0) is 14.3 Å². The van der Waals surface area contributed by atoms with Crippen molar-refractivity contribution in [3.8, 4) is 5.75 Å². The van der Waals surface area contributed by atoms with E-state index in [-0.39, 0.29) is 25.0 Å². The maximum absolute atomic E-state index is 11.9. The zero-order valence-electron chi connectivity index (χ0n) is 15.8. The molecule has 0 spiro atoms. The van der Waals surface area contributed by atoms with Crippen molar-refractivity contribution < 1.29 is 19.1 Å². The molecule has 1 amide bonds. The van der Waals surface area contributed by atoms with E-state index in [0.29, 0.717) is 12.3 Å². The largest absolute Gasteiger partial charge is 0.482 e. The molecule has 0 unspecified atom stereocenters. The number of carbonyl (C=O) groups excluding carboxylic acids is 2. The number of fused-ring (bicyclic) bond motifs is 1. The van der Waals surface area contributed by atoms with E-state index >= 15 is 0 Å². The van der Waals surface area contributed by atoms with E-state index in [0.717, 1.165) is 16.3 Å². The lowest BCUT2D eigenvalue weighted by Gasteiger charge is -2.13. The van der Waals surface area contributed by atoms with Crippen molar-refractivity contribution in [2.24, 2.45) is 0 Å². The second-order valence-electron chi connectivity index (χ2n) is 6.57. The van der Waals surface area contributed by atoms with Gasteiger partial charge in [-0.1, -0.05) is 67.6 Å². The van der Waals surface area contributed by atoms with Crippen molar-refractivity contribution in [3.05, 3.63) is 78.4 Å². The van der Waals surface area contributed by atoms with Gasteiger partial charge in [0.25, 0.3) is 5.91 Å². The number of hydrogen-bond acceptors (Lipinski definition) is 4. The highest BCUT2D eigenvalue weighted by atomic mass is 16.6. The van der Waals surface area contributed by atoms with Crippen LogP contribution in [0.15, 0.2) is 72.8 Å². The summed E-state index contributed by atoms with van der Waals surface area (Å²) in [7, 11) is 0. The summed E-state index contributed by atoms with van der Waals surface area (Å²) < 4.78 is 10.4. The van der Waals surface area contributed by atoms with E-state index in [2.05, 4.69) is 5.32 Å². The van der Waals surface area contributed by atoms with Crippen LogP contribution in [0.1, 0.15) is 18.4 Å². The predicted molar refractivity (Wildman–Crippen MR) is 108 cm³/mol. The van der Waals surface area contributed by atoms with Crippen molar-refractivity contribution in [2.75, 3.05) is 19.8 Å². The Morgan fingerprint density at radius 2 is 1.61 bits per heavy atom. The van der Waals surface area contributed by atoms with Gasteiger partial charge in [0, 0.05) is 6.54 Å². The van der Waals surface area contributed by atoms with Gasteiger partial charge in [0.15, 0.2) is 13.2 Å². The molecule has 5 heteroatoms. The minimum Gasteiger partial charge on any atom is -0.482 e. The third kappa shape index (κ3) is 5.58. The topological polar surface area (TPSA) is 64.6 Å². The Balaban J connectivity index is 1.38. The molecule has 0 aliphatic heterocycles. The first-order chi connectivity index (χ1) is 13.6. The van der Waals surface area contributed by atoms with Gasteiger partial charge >= 0.3 is 5.97 Å². The summed E-state index contributed by atoms with van der Waals surface area (Å²) in [6.07, 6.45) is 0. The fraction of sp³-hybridized carbons (Fsp3) is 0.217. The van der Waals surface area contributed by atoms with E-state index in [1.165, 1.54) is 0 Å². The average Bonchev–Trinajstić information content (AvgIpc) is 2.75. The maximum atomic E-state index is 11.9. The van der Waals surface area contributed by atoms with Gasteiger partial charge in [0.1, 0.15) is 5.75 Å². The molecule has 28 heavy (non-hydrogen) atoms. The van der Waals surface area contributed by atoms with Crippen molar-refractivity contribution in [1.82, 2.24) is 5.32 Å². The molecule has 0 radical (unpaired) electrons. The van der Waals surface area contributed by atoms with Crippen LogP contribution in [0.25, 0.3) is 10.8 Å². The zero-order chi connectivity index (χ0) is 19.8. The number of esters is 1. The Labute approximate surface area is 164 Å². The van der Waals surface area contributed by atoms with Crippen molar-refractivity contribution in [1.29, 1.82) is 0 Å². The highest BCUT2D eigenvalue weighted by molar-refractivity contribution is 5.84.